The van der Waals surface area contributed by atoms with E-state index in [0.717, 1.165) is 57.8 Å². The molecule has 0 aromatic heterocycles. The van der Waals surface area contributed by atoms with Crippen LogP contribution in [0.4, 0.5) is 0 Å². The van der Waals surface area contributed by atoms with Crippen molar-refractivity contribution in [1.82, 2.24) is 0 Å². The van der Waals surface area contributed by atoms with Gasteiger partial charge in [-0.25, -0.2) is 0 Å². The number of carboxylic acid groups (broad SMARTS) is 1. The predicted octanol–water partition coefficient (Wildman–Crippen LogP) is 1.33. The smallest absolute Gasteiger partial charge is 0.303 e. The van der Waals surface area contributed by atoms with Crippen LogP contribution in [0.1, 0.15) is 78.1 Å². The summed E-state index contributed by atoms with van der Waals surface area (Å²) in [6.07, 6.45) is 4.34. The van der Waals surface area contributed by atoms with Crippen molar-refractivity contribution in [2.75, 3.05) is 6.61 Å². The Morgan fingerprint density at radius 1 is 0.974 bits per heavy atom. The molecule has 39 heavy (non-hydrogen) atoms. The maximum absolute atomic E-state index is 11.6. The molecule has 2 bridgehead atoms. The number of carboxylic acids is 1. The number of hydrogen-bond donors (Lipinski definition) is 6. The summed E-state index contributed by atoms with van der Waals surface area (Å²) in [6.45, 7) is 4.40. The molecular formula is C29H48N2O8. The number of aliphatic carboxylic acids is 1. The van der Waals surface area contributed by atoms with Crippen LogP contribution in [0.25, 0.3) is 0 Å². The van der Waals surface area contributed by atoms with Crippen LogP contribution in [0, 0.1) is 40.4 Å². The van der Waals surface area contributed by atoms with Crippen molar-refractivity contribution in [2.45, 2.75) is 127 Å². The van der Waals surface area contributed by atoms with Gasteiger partial charge in [0.15, 0.2) is 6.29 Å². The van der Waals surface area contributed by atoms with Crippen LogP contribution >= 0.6 is 0 Å². The number of aliphatic hydroxyl groups excluding tert-OH is 3. The maximum atomic E-state index is 11.6. The van der Waals surface area contributed by atoms with Gasteiger partial charge in [-0.05, 0) is 86.9 Å². The number of fused-ring (bicyclic) bond motifs is 3. The van der Waals surface area contributed by atoms with E-state index >= 15 is 0 Å². The van der Waals surface area contributed by atoms with E-state index in [2.05, 4.69) is 13.8 Å². The molecule has 2 heterocycles. The van der Waals surface area contributed by atoms with Crippen LogP contribution in [0.3, 0.4) is 0 Å². The predicted molar refractivity (Wildman–Crippen MR) is 140 cm³/mol. The third-order valence-corrected chi connectivity index (χ3v) is 12.8. The van der Waals surface area contributed by atoms with Crippen LogP contribution in [0.2, 0.25) is 0 Å². The van der Waals surface area contributed by atoms with E-state index in [4.69, 9.17) is 25.7 Å². The minimum atomic E-state index is -1.24. The van der Waals surface area contributed by atoms with E-state index in [9.17, 15) is 25.2 Å². The number of ether oxygens (including phenoxy) is 3. The van der Waals surface area contributed by atoms with E-state index in [0.29, 0.717) is 23.7 Å². The van der Waals surface area contributed by atoms with Gasteiger partial charge in [-0.3, -0.25) is 4.79 Å². The van der Waals surface area contributed by atoms with Gasteiger partial charge in [0.05, 0.1) is 30.8 Å². The summed E-state index contributed by atoms with van der Waals surface area (Å²) in [5, 5.41) is 39.6. The maximum Gasteiger partial charge on any atom is 0.303 e. The molecule has 6 fully saturated rings. The van der Waals surface area contributed by atoms with E-state index < -0.39 is 49.4 Å². The molecule has 4 saturated carbocycles. The Bertz CT molecular complexity index is 952. The highest BCUT2D eigenvalue weighted by atomic mass is 16.7. The largest absolute Gasteiger partial charge is 0.481 e. The Balaban J connectivity index is 1.17. The Labute approximate surface area is 230 Å². The number of hydrogen-bond acceptors (Lipinski definition) is 9. The summed E-state index contributed by atoms with van der Waals surface area (Å²) < 4.78 is 18.9. The van der Waals surface area contributed by atoms with Crippen LogP contribution in [0.5, 0.6) is 0 Å². The van der Waals surface area contributed by atoms with Gasteiger partial charge < -0.3 is 46.1 Å². The molecular weight excluding hydrogens is 504 g/mol. The fourth-order valence-corrected chi connectivity index (χ4v) is 10.7. The second-order valence-electron chi connectivity index (χ2n) is 14.1. The third-order valence-electron chi connectivity index (χ3n) is 12.8. The van der Waals surface area contributed by atoms with E-state index in [-0.39, 0.29) is 34.9 Å². The summed E-state index contributed by atoms with van der Waals surface area (Å²) in [5.41, 5.74) is 12.6. The summed E-state index contributed by atoms with van der Waals surface area (Å²) in [7, 11) is 0. The molecule has 0 spiro atoms. The fourth-order valence-electron chi connectivity index (χ4n) is 10.7. The third kappa shape index (κ3) is 4.07. The highest BCUT2D eigenvalue weighted by Crippen LogP contribution is 2.73. The molecule has 8 N–H and O–H groups in total. The first kappa shape index (κ1) is 28.3. The SMILES string of the molecule is C[C@]12CC[C@H](O[C@@H]3O[C@H](CO)[C@@H](O)[C@H](O)[C@H]3N)C[C@H]1CC[C@@H]1[C@@H]2CC[C@]2(C)[C@@H]3CC[C@]12O[C@H](N)[C@@H]3CC(=O)O. The molecule has 2 aliphatic heterocycles. The average molecular weight is 553 g/mol. The average Bonchev–Trinajstić information content (AvgIpc) is 3.10. The van der Waals surface area contributed by atoms with Crippen molar-refractivity contribution in [3.8, 4) is 0 Å². The standard InChI is InChI=1S/C29H48N2O8/c1-27-8-5-15(37-26-22(30)24(36)23(35)20(13-32)38-26)11-14(27)3-4-19-18(27)6-9-28(2)17-7-10-29(19,28)39-25(31)16(17)12-21(33)34/h14-20,22-26,32,35-36H,3-13,30-31H2,1-2H3,(H,33,34)/t14-,15+,16-,17-,18+,19-,20-,22-,23-,24-,25+,26-,27+,28-,29+/m1/s1. The lowest BCUT2D eigenvalue weighted by Crippen LogP contribution is -2.68. The molecule has 0 aromatic rings. The van der Waals surface area contributed by atoms with Crippen LogP contribution < -0.4 is 11.5 Å². The van der Waals surface area contributed by atoms with Crippen LogP contribution in [0.15, 0.2) is 0 Å². The van der Waals surface area contributed by atoms with Gasteiger partial charge in [0.1, 0.15) is 24.5 Å². The molecule has 15 atom stereocenters. The van der Waals surface area contributed by atoms with Crippen molar-refractivity contribution in [3.63, 3.8) is 0 Å². The second-order valence-corrected chi connectivity index (χ2v) is 14.1. The molecule has 10 heteroatoms. The van der Waals surface area contributed by atoms with Gasteiger partial charge in [-0.15, -0.1) is 0 Å². The van der Waals surface area contributed by atoms with E-state index in [1.807, 2.05) is 0 Å². The Hall–Kier alpha value is -0.850. The summed E-state index contributed by atoms with van der Waals surface area (Å²) in [4.78, 5) is 11.6. The van der Waals surface area contributed by atoms with Gasteiger partial charge in [-0.1, -0.05) is 13.8 Å². The van der Waals surface area contributed by atoms with Crippen molar-refractivity contribution in [3.05, 3.63) is 0 Å². The molecule has 0 unspecified atom stereocenters. The Kier molecular flexibility index (Phi) is 7.15. The highest BCUT2D eigenvalue weighted by molar-refractivity contribution is 5.67. The molecule has 222 valence electrons. The van der Waals surface area contributed by atoms with Crippen LogP contribution in [-0.4, -0.2) is 81.6 Å². The topological polar surface area (TPSA) is 178 Å². The van der Waals surface area contributed by atoms with Crippen molar-refractivity contribution in [1.29, 1.82) is 0 Å². The molecule has 10 nitrogen and oxygen atoms in total. The monoisotopic (exact) mass is 552 g/mol. The molecule has 0 aromatic carbocycles. The Morgan fingerprint density at radius 2 is 1.72 bits per heavy atom. The zero-order valence-corrected chi connectivity index (χ0v) is 23.3. The Morgan fingerprint density at radius 3 is 2.44 bits per heavy atom. The lowest BCUT2D eigenvalue weighted by atomic mass is 9.42. The molecule has 6 rings (SSSR count). The quantitative estimate of drug-likeness (QED) is 0.273. The summed E-state index contributed by atoms with van der Waals surface area (Å²) in [6, 6.07) is -0.880. The lowest BCUT2D eigenvalue weighted by molar-refractivity contribution is -0.298. The van der Waals surface area contributed by atoms with E-state index in [1.165, 1.54) is 0 Å². The first-order valence-corrected chi connectivity index (χ1v) is 15.1. The number of rotatable bonds is 5. The van der Waals surface area contributed by atoms with Gasteiger partial charge in [-0.2, -0.15) is 0 Å². The zero-order valence-electron chi connectivity index (χ0n) is 23.3. The minimum absolute atomic E-state index is 0.0310. The number of nitrogens with two attached hydrogens (primary N) is 2. The van der Waals surface area contributed by atoms with Crippen molar-refractivity contribution in [2.24, 2.45) is 51.9 Å². The molecule has 2 saturated heterocycles. The van der Waals surface area contributed by atoms with Gasteiger partial charge in [0.2, 0.25) is 0 Å². The van der Waals surface area contributed by atoms with Crippen LogP contribution in [-0.2, 0) is 19.0 Å². The van der Waals surface area contributed by atoms with E-state index in [1.54, 1.807) is 0 Å². The fraction of sp³-hybridized carbons (Fsp3) is 0.966. The number of carbonyl (C=O) groups is 1. The molecule has 6 aliphatic rings. The first-order valence-electron chi connectivity index (χ1n) is 15.1. The lowest BCUT2D eigenvalue weighted by Gasteiger charge is -2.67. The first-order chi connectivity index (χ1) is 18.4. The van der Waals surface area contributed by atoms with Gasteiger partial charge >= 0.3 is 5.97 Å². The van der Waals surface area contributed by atoms with Gasteiger partial charge in [0, 0.05) is 11.3 Å². The van der Waals surface area contributed by atoms with Crippen molar-refractivity contribution >= 4 is 5.97 Å². The van der Waals surface area contributed by atoms with Crippen molar-refractivity contribution < 1.29 is 39.4 Å². The zero-order chi connectivity index (χ0) is 27.9. The normalized spacial score (nSPS) is 56.8. The summed E-state index contributed by atoms with van der Waals surface area (Å²) in [5.74, 6) is 0.809. The second kappa shape index (κ2) is 9.87. The van der Waals surface area contributed by atoms with Gasteiger partial charge in [0.25, 0.3) is 0 Å². The highest BCUT2D eigenvalue weighted by Gasteiger charge is 2.72. The molecule has 0 radical (unpaired) electrons. The molecule has 0 amide bonds. The number of aliphatic hydroxyl groups is 3. The minimum Gasteiger partial charge on any atom is -0.481 e. The summed E-state index contributed by atoms with van der Waals surface area (Å²) >= 11 is 0. The molecule has 4 aliphatic carbocycles.